The Kier molecular flexibility index (Phi) is 4.80. The van der Waals surface area contributed by atoms with Gasteiger partial charge >= 0.3 is 0 Å². The van der Waals surface area contributed by atoms with Crippen LogP contribution in [-0.2, 0) is 0 Å². The molecule has 84 valence electrons. The van der Waals surface area contributed by atoms with Crippen molar-refractivity contribution >= 4 is 17.7 Å². The van der Waals surface area contributed by atoms with E-state index in [1.165, 1.54) is 24.3 Å². The number of amides is 1. The lowest BCUT2D eigenvalue weighted by Crippen LogP contribution is -2.23. The fourth-order valence-electron chi connectivity index (χ4n) is 1.02. The highest BCUT2D eigenvalue weighted by Gasteiger charge is 2.07. The predicted octanol–water partition coefficient (Wildman–Crippen LogP) is 2.36. The van der Waals surface area contributed by atoms with Gasteiger partial charge in [-0.1, -0.05) is 17.7 Å². The molecule has 0 unspecified atom stereocenters. The van der Waals surface area contributed by atoms with E-state index in [0.717, 1.165) is 0 Å². The molecule has 1 rings (SSSR count). The molecule has 0 aromatic heterocycles. The molecule has 0 heterocycles. The highest BCUT2D eigenvalue weighted by atomic mass is 32.2. The van der Waals surface area contributed by atoms with Crippen LogP contribution in [0.4, 0.5) is 8.78 Å². The highest BCUT2D eigenvalue weighted by molar-refractivity contribution is 7.99. The van der Waals surface area contributed by atoms with Crippen molar-refractivity contribution in [2.75, 3.05) is 6.54 Å². The summed E-state index contributed by atoms with van der Waals surface area (Å²) in [5.41, 5.74) is 0.397. The van der Waals surface area contributed by atoms with Gasteiger partial charge in [-0.25, -0.2) is 0 Å². The number of thioether (sulfide) groups is 1. The summed E-state index contributed by atoms with van der Waals surface area (Å²) in [6, 6.07) is 5.91. The molecule has 0 bridgehead atoms. The van der Waals surface area contributed by atoms with Crippen molar-refractivity contribution < 1.29 is 13.6 Å². The molecule has 0 radical (unpaired) electrons. The quantitative estimate of drug-likeness (QED) is 0.647. The normalized spacial score (nSPS) is 9.88. The third-order valence-corrected chi connectivity index (χ3v) is 2.42. The summed E-state index contributed by atoms with van der Waals surface area (Å²) in [4.78, 5) is 11.8. The molecule has 1 amide bonds. The van der Waals surface area contributed by atoms with E-state index in [9.17, 15) is 13.6 Å². The van der Waals surface area contributed by atoms with Gasteiger partial charge in [0.25, 0.3) is 11.7 Å². The SMILES string of the molecule is C#CCNC(=O)c1ccc(SC(F)F)cc1. The molecule has 2 nitrogen and oxygen atoms in total. The number of hydrogen-bond acceptors (Lipinski definition) is 2. The number of alkyl halides is 2. The van der Waals surface area contributed by atoms with E-state index in [1.807, 2.05) is 0 Å². The third kappa shape index (κ3) is 3.91. The van der Waals surface area contributed by atoms with Crippen molar-refractivity contribution in [3.63, 3.8) is 0 Å². The summed E-state index contributed by atoms with van der Waals surface area (Å²) >= 11 is 0.439. The number of halogens is 2. The Morgan fingerprint density at radius 3 is 2.56 bits per heavy atom. The zero-order valence-electron chi connectivity index (χ0n) is 8.24. The molecule has 0 saturated heterocycles. The first kappa shape index (κ1) is 12.5. The van der Waals surface area contributed by atoms with E-state index in [0.29, 0.717) is 22.2 Å². The monoisotopic (exact) mass is 241 g/mol. The summed E-state index contributed by atoms with van der Waals surface area (Å²) in [6.07, 6.45) is 4.98. The minimum Gasteiger partial charge on any atom is -0.341 e. The Balaban J connectivity index is 2.64. The first-order valence-electron chi connectivity index (χ1n) is 4.40. The standard InChI is InChI=1S/C11H9F2NOS/c1-2-7-14-10(15)8-3-5-9(6-4-8)16-11(12)13/h1,3-6,11H,7H2,(H,14,15). The molecular weight excluding hydrogens is 232 g/mol. The number of nitrogens with one attached hydrogen (secondary N) is 1. The summed E-state index contributed by atoms with van der Waals surface area (Å²) in [7, 11) is 0. The van der Waals surface area contributed by atoms with E-state index < -0.39 is 5.76 Å². The van der Waals surface area contributed by atoms with Crippen LogP contribution in [0, 0.1) is 12.3 Å². The van der Waals surface area contributed by atoms with Gasteiger partial charge < -0.3 is 5.32 Å². The van der Waals surface area contributed by atoms with Crippen LogP contribution in [0.15, 0.2) is 29.2 Å². The van der Waals surface area contributed by atoms with Crippen LogP contribution < -0.4 is 5.32 Å². The van der Waals surface area contributed by atoms with Crippen LogP contribution >= 0.6 is 11.8 Å². The summed E-state index contributed by atoms with van der Waals surface area (Å²) in [5, 5.41) is 2.48. The number of hydrogen-bond donors (Lipinski definition) is 1. The average Bonchev–Trinajstić information content (AvgIpc) is 2.26. The molecule has 5 heteroatoms. The van der Waals surface area contributed by atoms with Crippen LogP contribution in [0.2, 0.25) is 0 Å². The Labute approximate surface area is 96.4 Å². The topological polar surface area (TPSA) is 29.1 Å². The van der Waals surface area contributed by atoms with Gasteiger partial charge in [-0.2, -0.15) is 8.78 Å². The van der Waals surface area contributed by atoms with E-state index in [4.69, 9.17) is 6.42 Å². The zero-order chi connectivity index (χ0) is 12.0. The van der Waals surface area contributed by atoms with Gasteiger partial charge in [0.15, 0.2) is 0 Å². The smallest absolute Gasteiger partial charge is 0.288 e. The predicted molar refractivity (Wildman–Crippen MR) is 59.5 cm³/mol. The van der Waals surface area contributed by atoms with E-state index in [2.05, 4.69) is 11.2 Å². The molecule has 1 N–H and O–H groups in total. The van der Waals surface area contributed by atoms with Gasteiger partial charge in [0.2, 0.25) is 0 Å². The van der Waals surface area contributed by atoms with Crippen LogP contribution in [0.5, 0.6) is 0 Å². The van der Waals surface area contributed by atoms with Crippen molar-refractivity contribution in [2.45, 2.75) is 10.7 Å². The number of benzene rings is 1. The van der Waals surface area contributed by atoms with Gasteiger partial charge in [0.1, 0.15) is 0 Å². The molecule has 0 fully saturated rings. The van der Waals surface area contributed by atoms with Crippen molar-refractivity contribution in [3.05, 3.63) is 29.8 Å². The highest BCUT2D eigenvalue weighted by Crippen LogP contribution is 2.24. The summed E-state index contributed by atoms with van der Waals surface area (Å²) < 4.78 is 24.0. The first-order valence-corrected chi connectivity index (χ1v) is 5.28. The second-order valence-electron chi connectivity index (χ2n) is 2.79. The average molecular weight is 241 g/mol. The fourth-order valence-corrected chi connectivity index (χ4v) is 1.52. The van der Waals surface area contributed by atoms with Crippen molar-refractivity contribution in [2.24, 2.45) is 0 Å². The number of carbonyl (C=O) groups excluding carboxylic acids is 1. The molecule has 16 heavy (non-hydrogen) atoms. The molecular formula is C11H9F2NOS. The van der Waals surface area contributed by atoms with Crippen LogP contribution in [0.25, 0.3) is 0 Å². The van der Waals surface area contributed by atoms with Crippen molar-refractivity contribution in [1.82, 2.24) is 5.32 Å². The largest absolute Gasteiger partial charge is 0.341 e. The molecule has 0 aliphatic heterocycles. The second-order valence-corrected chi connectivity index (χ2v) is 3.85. The molecule has 0 spiro atoms. The fraction of sp³-hybridized carbons (Fsp3) is 0.182. The minimum absolute atomic E-state index is 0.145. The summed E-state index contributed by atoms with van der Waals surface area (Å²) in [5.74, 6) is -0.500. The Morgan fingerprint density at radius 2 is 2.06 bits per heavy atom. The molecule has 0 atom stereocenters. The van der Waals surface area contributed by atoms with E-state index >= 15 is 0 Å². The van der Waals surface area contributed by atoms with Crippen LogP contribution in [-0.4, -0.2) is 18.2 Å². The van der Waals surface area contributed by atoms with Crippen LogP contribution in [0.3, 0.4) is 0 Å². The second kappa shape index (κ2) is 6.13. The lowest BCUT2D eigenvalue weighted by molar-refractivity contribution is 0.0958. The molecule has 0 saturated carbocycles. The lowest BCUT2D eigenvalue weighted by atomic mass is 10.2. The van der Waals surface area contributed by atoms with Gasteiger partial charge in [-0.05, 0) is 24.3 Å². The lowest BCUT2D eigenvalue weighted by Gasteiger charge is -2.03. The number of carbonyl (C=O) groups is 1. The molecule has 1 aromatic carbocycles. The van der Waals surface area contributed by atoms with E-state index in [1.54, 1.807) is 0 Å². The Bertz CT molecular complexity index is 397. The third-order valence-electron chi connectivity index (χ3n) is 1.69. The van der Waals surface area contributed by atoms with Gasteiger partial charge in [-0.15, -0.1) is 6.42 Å². The minimum atomic E-state index is -2.46. The maximum Gasteiger partial charge on any atom is 0.288 e. The zero-order valence-corrected chi connectivity index (χ0v) is 9.06. The van der Waals surface area contributed by atoms with Gasteiger partial charge in [0.05, 0.1) is 6.54 Å². The molecule has 0 aliphatic rings. The first-order chi connectivity index (χ1) is 7.63. The summed E-state index contributed by atoms with van der Waals surface area (Å²) in [6.45, 7) is 0.145. The maximum absolute atomic E-state index is 12.0. The number of rotatable bonds is 4. The van der Waals surface area contributed by atoms with Gasteiger partial charge in [-0.3, -0.25) is 4.79 Å². The maximum atomic E-state index is 12.0. The number of terminal acetylenes is 1. The Morgan fingerprint density at radius 1 is 1.44 bits per heavy atom. The van der Waals surface area contributed by atoms with Crippen LogP contribution in [0.1, 0.15) is 10.4 Å². The van der Waals surface area contributed by atoms with Crippen molar-refractivity contribution in [1.29, 1.82) is 0 Å². The van der Waals surface area contributed by atoms with Crippen molar-refractivity contribution in [3.8, 4) is 12.3 Å². The molecule has 0 aliphatic carbocycles. The van der Waals surface area contributed by atoms with E-state index in [-0.39, 0.29) is 12.5 Å². The Hall–Kier alpha value is -1.54. The molecule has 1 aromatic rings. The van der Waals surface area contributed by atoms with Gasteiger partial charge in [0, 0.05) is 10.5 Å².